The van der Waals surface area contributed by atoms with Crippen LogP contribution in [-0.4, -0.2) is 65.1 Å². The predicted octanol–water partition coefficient (Wildman–Crippen LogP) is 0.396. The largest absolute Gasteiger partial charge is 0.394 e. The minimum Gasteiger partial charge on any atom is -0.394 e. The number of ether oxygens (including phenoxy) is 2. The highest BCUT2D eigenvalue weighted by molar-refractivity contribution is 5.77. The number of pyridine rings is 1. The van der Waals surface area contributed by atoms with Crippen molar-refractivity contribution in [3.05, 3.63) is 34.7 Å². The van der Waals surface area contributed by atoms with Crippen LogP contribution in [0.3, 0.4) is 0 Å². The summed E-state index contributed by atoms with van der Waals surface area (Å²) in [6.07, 6.45) is 4.85. The number of fused-ring (bicyclic) bond motifs is 1. The highest BCUT2D eigenvalue weighted by Gasteiger charge is 2.52. The third-order valence-corrected chi connectivity index (χ3v) is 5.51. The fourth-order valence-electron chi connectivity index (χ4n) is 4.16. The van der Waals surface area contributed by atoms with E-state index >= 15 is 0 Å². The number of aromatic nitrogens is 1. The lowest BCUT2D eigenvalue weighted by molar-refractivity contribution is -0.142. The van der Waals surface area contributed by atoms with Gasteiger partial charge in [-0.15, -0.1) is 0 Å². The lowest BCUT2D eigenvalue weighted by Crippen LogP contribution is -2.53. The predicted molar refractivity (Wildman–Crippen MR) is 91.2 cm³/mol. The lowest BCUT2D eigenvalue weighted by atomic mass is 9.79. The molecule has 1 saturated carbocycles. The fraction of sp³-hybridized carbons (Fsp3) is 0.667. The molecule has 0 bridgehead atoms. The van der Waals surface area contributed by atoms with E-state index in [1.54, 1.807) is 25.4 Å². The zero-order valence-corrected chi connectivity index (χ0v) is 14.6. The topological polar surface area (TPSA) is 81.0 Å². The number of rotatable bonds is 6. The van der Waals surface area contributed by atoms with Crippen molar-refractivity contribution in [1.82, 2.24) is 9.47 Å². The highest BCUT2D eigenvalue weighted by Crippen LogP contribution is 2.43. The molecule has 1 aromatic heterocycles. The fourth-order valence-corrected chi connectivity index (χ4v) is 4.16. The zero-order chi connectivity index (χ0) is 17.9. The normalized spacial score (nSPS) is 28.8. The van der Waals surface area contributed by atoms with Crippen molar-refractivity contribution in [3.8, 4) is 0 Å². The highest BCUT2D eigenvalue weighted by atomic mass is 16.5. The maximum atomic E-state index is 12.8. The quantitative estimate of drug-likeness (QED) is 0.803. The molecule has 0 radical (unpaired) electrons. The standard InChI is InChI=1S/C18H26N2O5/c1-24-18-6-5-14(25-11-10-21)12-15(18)20(9-7-18)17(23)13-19-8-3-2-4-16(19)22/h2-4,8,14-15,21H,5-7,9-13H2,1H3/t14-,15+,18-/m1/s1. The molecule has 1 aromatic rings. The Labute approximate surface area is 147 Å². The number of methoxy groups -OCH3 is 1. The molecule has 25 heavy (non-hydrogen) atoms. The summed E-state index contributed by atoms with van der Waals surface area (Å²) in [4.78, 5) is 26.5. The maximum absolute atomic E-state index is 12.8. The number of carbonyl (C=O) groups excluding carboxylic acids is 1. The zero-order valence-electron chi connectivity index (χ0n) is 14.6. The molecule has 2 heterocycles. The molecule has 1 amide bonds. The number of likely N-dealkylation sites (tertiary alicyclic amines) is 1. The van der Waals surface area contributed by atoms with Gasteiger partial charge in [-0.1, -0.05) is 6.07 Å². The van der Waals surface area contributed by atoms with Crippen molar-refractivity contribution >= 4 is 5.91 Å². The van der Waals surface area contributed by atoms with E-state index in [9.17, 15) is 9.59 Å². The van der Waals surface area contributed by atoms with Crippen LogP contribution in [-0.2, 0) is 20.8 Å². The Hall–Kier alpha value is -1.70. The molecular weight excluding hydrogens is 324 g/mol. The lowest BCUT2D eigenvalue weighted by Gasteiger charge is -2.43. The smallest absolute Gasteiger partial charge is 0.250 e. The minimum atomic E-state index is -0.323. The first-order valence-corrected chi connectivity index (χ1v) is 8.82. The van der Waals surface area contributed by atoms with Gasteiger partial charge in [-0.25, -0.2) is 0 Å². The van der Waals surface area contributed by atoms with Gasteiger partial charge in [0.2, 0.25) is 5.91 Å². The molecule has 0 spiro atoms. The van der Waals surface area contributed by atoms with Crippen molar-refractivity contribution in [2.75, 3.05) is 26.9 Å². The van der Waals surface area contributed by atoms with E-state index in [-0.39, 0.29) is 42.4 Å². The number of carbonyl (C=O) groups is 1. The average molecular weight is 350 g/mol. The number of aliphatic hydroxyl groups excluding tert-OH is 1. The molecule has 1 N–H and O–H groups in total. The number of amides is 1. The second-order valence-corrected chi connectivity index (χ2v) is 6.78. The van der Waals surface area contributed by atoms with Gasteiger partial charge in [0.15, 0.2) is 0 Å². The van der Waals surface area contributed by atoms with Crippen LogP contribution < -0.4 is 5.56 Å². The van der Waals surface area contributed by atoms with Gasteiger partial charge in [-0.2, -0.15) is 0 Å². The molecule has 7 heteroatoms. The number of nitrogens with zero attached hydrogens (tertiary/aromatic N) is 2. The molecule has 0 aromatic carbocycles. The van der Waals surface area contributed by atoms with Crippen molar-refractivity contribution < 1.29 is 19.4 Å². The second-order valence-electron chi connectivity index (χ2n) is 6.78. The van der Waals surface area contributed by atoms with Gasteiger partial charge in [-0.05, 0) is 31.7 Å². The molecule has 3 rings (SSSR count). The maximum Gasteiger partial charge on any atom is 0.250 e. The van der Waals surface area contributed by atoms with E-state index < -0.39 is 0 Å². The molecule has 138 valence electrons. The summed E-state index contributed by atoms with van der Waals surface area (Å²) in [6.45, 7) is 0.977. The summed E-state index contributed by atoms with van der Waals surface area (Å²) in [5.41, 5.74) is -0.503. The van der Waals surface area contributed by atoms with E-state index in [1.807, 2.05) is 4.90 Å². The summed E-state index contributed by atoms with van der Waals surface area (Å²) in [5.74, 6) is -0.0694. The molecule has 1 saturated heterocycles. The van der Waals surface area contributed by atoms with Gasteiger partial charge in [-0.3, -0.25) is 9.59 Å². The Bertz CT molecular complexity index is 661. The summed E-state index contributed by atoms with van der Waals surface area (Å²) in [7, 11) is 1.71. The first-order valence-electron chi connectivity index (χ1n) is 8.82. The summed E-state index contributed by atoms with van der Waals surface area (Å²) in [6, 6.07) is 4.81. The van der Waals surface area contributed by atoms with E-state index in [1.165, 1.54) is 10.6 Å². The van der Waals surface area contributed by atoms with Gasteiger partial charge in [0.05, 0.1) is 31.0 Å². The van der Waals surface area contributed by atoms with Crippen LogP contribution in [0, 0.1) is 0 Å². The summed E-state index contributed by atoms with van der Waals surface area (Å²) in [5, 5.41) is 8.96. The second kappa shape index (κ2) is 7.68. The van der Waals surface area contributed by atoms with E-state index in [2.05, 4.69) is 0 Å². The van der Waals surface area contributed by atoms with Crippen molar-refractivity contribution in [1.29, 1.82) is 0 Å². The van der Waals surface area contributed by atoms with Crippen LogP contribution in [0.1, 0.15) is 25.7 Å². The van der Waals surface area contributed by atoms with Crippen LogP contribution in [0.15, 0.2) is 29.2 Å². The Kier molecular flexibility index (Phi) is 5.56. The van der Waals surface area contributed by atoms with Gasteiger partial charge in [0.25, 0.3) is 5.56 Å². The monoisotopic (exact) mass is 350 g/mol. The summed E-state index contributed by atoms with van der Waals surface area (Å²) >= 11 is 0. The van der Waals surface area contributed by atoms with E-state index in [4.69, 9.17) is 14.6 Å². The third kappa shape index (κ3) is 3.63. The Morgan fingerprint density at radius 2 is 2.24 bits per heavy atom. The Morgan fingerprint density at radius 1 is 1.40 bits per heavy atom. The van der Waals surface area contributed by atoms with E-state index in [0.717, 1.165) is 19.3 Å². The molecule has 7 nitrogen and oxygen atoms in total. The van der Waals surface area contributed by atoms with Gasteiger partial charge in [0, 0.05) is 25.9 Å². The SMILES string of the molecule is CO[C@@]12CC[C@@H](OCCO)C[C@@H]1N(C(=O)Cn1ccccc1=O)CC2. The first kappa shape index (κ1) is 18.1. The number of hydrogen-bond acceptors (Lipinski definition) is 5. The van der Waals surface area contributed by atoms with Gasteiger partial charge >= 0.3 is 0 Å². The molecule has 3 atom stereocenters. The Balaban J connectivity index is 1.73. The molecule has 1 aliphatic heterocycles. The molecule has 1 aliphatic carbocycles. The average Bonchev–Trinajstić information content (AvgIpc) is 3.01. The van der Waals surface area contributed by atoms with Crippen LogP contribution in [0.4, 0.5) is 0 Å². The van der Waals surface area contributed by atoms with Gasteiger partial charge < -0.3 is 24.0 Å². The van der Waals surface area contributed by atoms with Crippen LogP contribution >= 0.6 is 0 Å². The molecule has 0 unspecified atom stereocenters. The number of hydrogen-bond donors (Lipinski definition) is 1. The Morgan fingerprint density at radius 3 is 2.96 bits per heavy atom. The molecule has 2 aliphatic rings. The van der Waals surface area contributed by atoms with Crippen LogP contribution in [0.2, 0.25) is 0 Å². The molecular formula is C18H26N2O5. The van der Waals surface area contributed by atoms with Crippen LogP contribution in [0.25, 0.3) is 0 Å². The van der Waals surface area contributed by atoms with Crippen molar-refractivity contribution in [3.63, 3.8) is 0 Å². The van der Waals surface area contributed by atoms with Crippen LogP contribution in [0.5, 0.6) is 0 Å². The minimum absolute atomic E-state index is 0.00381. The summed E-state index contributed by atoms with van der Waals surface area (Å²) < 4.78 is 13.0. The van der Waals surface area contributed by atoms with Crippen molar-refractivity contribution in [2.45, 2.75) is 50.0 Å². The van der Waals surface area contributed by atoms with Gasteiger partial charge in [0.1, 0.15) is 6.54 Å². The van der Waals surface area contributed by atoms with E-state index in [0.29, 0.717) is 19.6 Å². The number of aliphatic hydroxyl groups is 1. The third-order valence-electron chi connectivity index (χ3n) is 5.51. The van der Waals surface area contributed by atoms with Crippen molar-refractivity contribution in [2.24, 2.45) is 0 Å². The molecule has 2 fully saturated rings. The first-order chi connectivity index (χ1) is 12.1.